The fourth-order valence-corrected chi connectivity index (χ4v) is 7.03. The highest BCUT2D eigenvalue weighted by atomic mass is 16.3. The molecule has 0 aromatic rings. The molecule has 0 spiro atoms. The van der Waals surface area contributed by atoms with Gasteiger partial charge in [0.05, 0.1) is 11.5 Å². The lowest BCUT2D eigenvalue weighted by Crippen LogP contribution is -2.57. The summed E-state index contributed by atoms with van der Waals surface area (Å²) in [4.78, 5) is 15.8. The van der Waals surface area contributed by atoms with Gasteiger partial charge in [0.2, 0.25) is 5.91 Å². The van der Waals surface area contributed by atoms with Gasteiger partial charge in [0.25, 0.3) is 0 Å². The van der Waals surface area contributed by atoms with E-state index < -0.39 is 0 Å². The van der Waals surface area contributed by atoms with E-state index in [1.165, 1.54) is 19.3 Å². The van der Waals surface area contributed by atoms with Crippen molar-refractivity contribution in [2.75, 3.05) is 13.1 Å². The number of allylic oxidation sites excluding steroid dienone is 4. The number of hydrogen-bond acceptors (Lipinski definition) is 2. The molecule has 4 aliphatic rings. The Kier molecular flexibility index (Phi) is 5.27. The zero-order valence-electron chi connectivity index (χ0n) is 18.3. The van der Waals surface area contributed by atoms with Crippen LogP contribution in [0.3, 0.4) is 0 Å². The summed E-state index contributed by atoms with van der Waals surface area (Å²) in [6.07, 6.45) is 13.2. The maximum absolute atomic E-state index is 13.7. The number of carbonyl (C=O) groups is 1. The van der Waals surface area contributed by atoms with Gasteiger partial charge in [-0.2, -0.15) is 0 Å². The molecule has 1 saturated heterocycles. The number of aliphatic hydroxyl groups is 1. The van der Waals surface area contributed by atoms with Crippen molar-refractivity contribution in [1.82, 2.24) is 4.90 Å². The second-order valence-corrected chi connectivity index (χ2v) is 10.8. The summed E-state index contributed by atoms with van der Waals surface area (Å²) in [5.74, 6) is 2.06. The second-order valence-electron chi connectivity index (χ2n) is 10.8. The topological polar surface area (TPSA) is 40.5 Å². The first-order chi connectivity index (χ1) is 13.3. The van der Waals surface area contributed by atoms with Crippen LogP contribution in [-0.2, 0) is 4.79 Å². The van der Waals surface area contributed by atoms with Crippen molar-refractivity contribution in [2.45, 2.75) is 85.2 Å². The molecule has 3 heteroatoms. The molecule has 1 aliphatic heterocycles. The molecule has 2 fully saturated rings. The number of likely N-dealkylation sites (tertiary alicyclic amines) is 1. The fourth-order valence-electron chi connectivity index (χ4n) is 7.03. The van der Waals surface area contributed by atoms with E-state index in [4.69, 9.17) is 0 Å². The van der Waals surface area contributed by atoms with Gasteiger partial charge in [-0.3, -0.25) is 4.79 Å². The number of fused-ring (bicyclic) bond motifs is 3. The molecular formula is C25H39NO2. The van der Waals surface area contributed by atoms with Gasteiger partial charge in [-0.1, -0.05) is 51.8 Å². The molecule has 3 aliphatic carbocycles. The van der Waals surface area contributed by atoms with Crippen LogP contribution in [0.5, 0.6) is 0 Å². The fraction of sp³-hybridized carbons (Fsp3) is 0.800. The number of aliphatic hydroxyl groups excluding tert-OH is 1. The average molecular weight is 386 g/mol. The van der Waals surface area contributed by atoms with Gasteiger partial charge in [0.15, 0.2) is 0 Å². The van der Waals surface area contributed by atoms with Crippen molar-refractivity contribution in [3.05, 3.63) is 23.3 Å². The maximum Gasteiger partial charge on any atom is 0.228 e. The Balaban J connectivity index is 1.62. The first-order valence-corrected chi connectivity index (χ1v) is 11.6. The second kappa shape index (κ2) is 7.31. The third kappa shape index (κ3) is 3.18. The third-order valence-corrected chi connectivity index (χ3v) is 8.82. The summed E-state index contributed by atoms with van der Waals surface area (Å²) in [6, 6.07) is 0. The molecule has 0 bridgehead atoms. The molecule has 1 saturated carbocycles. The van der Waals surface area contributed by atoms with Gasteiger partial charge in [-0.25, -0.2) is 0 Å². The van der Waals surface area contributed by atoms with Crippen LogP contribution in [0.4, 0.5) is 0 Å². The Morgan fingerprint density at radius 2 is 1.89 bits per heavy atom. The Hall–Kier alpha value is -1.09. The molecule has 28 heavy (non-hydrogen) atoms. The number of nitrogens with zero attached hydrogens (tertiary/aromatic N) is 1. The summed E-state index contributed by atoms with van der Waals surface area (Å²) in [5.41, 5.74) is 3.15. The monoisotopic (exact) mass is 385 g/mol. The van der Waals surface area contributed by atoms with Gasteiger partial charge >= 0.3 is 0 Å². The van der Waals surface area contributed by atoms with Gasteiger partial charge in [0, 0.05) is 13.1 Å². The number of amides is 1. The average Bonchev–Trinajstić information content (AvgIpc) is 2.67. The van der Waals surface area contributed by atoms with Gasteiger partial charge in [0.1, 0.15) is 0 Å². The summed E-state index contributed by atoms with van der Waals surface area (Å²) >= 11 is 0. The largest absolute Gasteiger partial charge is 0.393 e. The SMILES string of the molecule is CC(C)C1=CC2=CCC3[C@@](C)(CCC[C@]3(C)C(=O)N3CCC(O)CC3)C2CC1. The number of rotatable bonds is 2. The number of carbonyl (C=O) groups excluding carboxylic acids is 1. The van der Waals surface area contributed by atoms with E-state index in [1.54, 1.807) is 11.1 Å². The van der Waals surface area contributed by atoms with Crippen LogP contribution in [0.25, 0.3) is 0 Å². The van der Waals surface area contributed by atoms with Crippen LogP contribution in [0, 0.1) is 28.6 Å². The van der Waals surface area contributed by atoms with E-state index in [1.807, 2.05) is 0 Å². The number of hydrogen-bond donors (Lipinski definition) is 1. The van der Waals surface area contributed by atoms with E-state index in [2.05, 4.69) is 44.7 Å². The minimum Gasteiger partial charge on any atom is -0.393 e. The minimum absolute atomic E-state index is 0.224. The molecule has 0 aromatic heterocycles. The van der Waals surface area contributed by atoms with E-state index in [-0.39, 0.29) is 16.9 Å². The van der Waals surface area contributed by atoms with Crippen LogP contribution in [0.2, 0.25) is 0 Å². The molecule has 4 rings (SSSR count). The number of piperidine rings is 1. The zero-order chi connectivity index (χ0) is 20.1. The molecule has 2 unspecified atom stereocenters. The van der Waals surface area contributed by atoms with Crippen molar-refractivity contribution < 1.29 is 9.90 Å². The van der Waals surface area contributed by atoms with Crippen LogP contribution < -0.4 is 0 Å². The van der Waals surface area contributed by atoms with Crippen molar-refractivity contribution in [2.24, 2.45) is 28.6 Å². The van der Waals surface area contributed by atoms with Crippen LogP contribution in [0.1, 0.15) is 79.1 Å². The van der Waals surface area contributed by atoms with Gasteiger partial charge in [-0.15, -0.1) is 0 Å². The Morgan fingerprint density at radius 1 is 1.18 bits per heavy atom. The summed E-state index contributed by atoms with van der Waals surface area (Å²) < 4.78 is 0. The molecule has 1 heterocycles. The van der Waals surface area contributed by atoms with Gasteiger partial charge in [-0.05, 0) is 73.7 Å². The minimum atomic E-state index is -0.251. The first-order valence-electron chi connectivity index (χ1n) is 11.6. The van der Waals surface area contributed by atoms with Crippen LogP contribution in [-0.4, -0.2) is 35.1 Å². The molecule has 0 aromatic carbocycles. The summed E-state index contributed by atoms with van der Waals surface area (Å²) in [5, 5.41) is 9.85. The van der Waals surface area contributed by atoms with Gasteiger partial charge < -0.3 is 10.0 Å². The smallest absolute Gasteiger partial charge is 0.228 e. The molecular weight excluding hydrogens is 346 g/mol. The lowest BCUT2D eigenvalue weighted by atomic mass is 9.46. The summed E-state index contributed by atoms with van der Waals surface area (Å²) in [6.45, 7) is 10.8. The first kappa shape index (κ1) is 20.2. The van der Waals surface area contributed by atoms with Crippen molar-refractivity contribution in [1.29, 1.82) is 0 Å². The highest BCUT2D eigenvalue weighted by Crippen LogP contribution is 2.62. The lowest BCUT2D eigenvalue weighted by Gasteiger charge is -2.58. The standard InChI is InChI=1S/C25H39NO2/c1-17(2)18-6-8-21-19(16-18)7-9-22-24(21,3)12-5-13-25(22,4)23(28)26-14-10-20(27)11-15-26/h7,16-17,20-22,27H,5-6,8-15H2,1-4H3/t21?,22?,24-,25-/m0/s1. The highest BCUT2D eigenvalue weighted by molar-refractivity contribution is 5.83. The normalized spacial score (nSPS) is 39.1. The quantitative estimate of drug-likeness (QED) is 0.718. The van der Waals surface area contributed by atoms with E-state index in [0.717, 1.165) is 45.2 Å². The molecule has 1 amide bonds. The Labute approximate surface area is 171 Å². The van der Waals surface area contributed by atoms with E-state index in [0.29, 0.717) is 23.7 Å². The summed E-state index contributed by atoms with van der Waals surface area (Å²) in [7, 11) is 0. The van der Waals surface area contributed by atoms with Crippen molar-refractivity contribution >= 4 is 5.91 Å². The maximum atomic E-state index is 13.7. The molecule has 156 valence electrons. The van der Waals surface area contributed by atoms with Crippen LogP contribution >= 0.6 is 0 Å². The highest BCUT2D eigenvalue weighted by Gasteiger charge is 2.57. The third-order valence-electron chi connectivity index (χ3n) is 8.82. The molecule has 0 radical (unpaired) electrons. The van der Waals surface area contributed by atoms with E-state index >= 15 is 0 Å². The Bertz CT molecular complexity index is 685. The van der Waals surface area contributed by atoms with Crippen molar-refractivity contribution in [3.8, 4) is 0 Å². The molecule has 3 nitrogen and oxygen atoms in total. The predicted molar refractivity (Wildman–Crippen MR) is 114 cm³/mol. The Morgan fingerprint density at radius 3 is 2.57 bits per heavy atom. The molecule has 1 N–H and O–H groups in total. The lowest BCUT2D eigenvalue weighted by molar-refractivity contribution is -0.157. The van der Waals surface area contributed by atoms with E-state index in [9.17, 15) is 9.90 Å². The molecule has 4 atom stereocenters. The predicted octanol–water partition coefficient (Wildman–Crippen LogP) is 5.10. The van der Waals surface area contributed by atoms with Crippen molar-refractivity contribution in [3.63, 3.8) is 0 Å². The zero-order valence-corrected chi connectivity index (χ0v) is 18.3. The van der Waals surface area contributed by atoms with Crippen LogP contribution in [0.15, 0.2) is 23.3 Å².